The molecule has 0 atom stereocenters. The number of nitrogens with two attached hydrogens (primary N) is 1. The average molecular weight is 334 g/mol. The first kappa shape index (κ1) is 16.4. The molecular formula is C14H17F3N2S2. The Morgan fingerprint density at radius 1 is 1.38 bits per heavy atom. The molecule has 0 spiro atoms. The molecule has 21 heavy (non-hydrogen) atoms. The van der Waals surface area contributed by atoms with Crippen molar-refractivity contribution in [3.05, 3.63) is 29.3 Å². The van der Waals surface area contributed by atoms with E-state index in [0.717, 1.165) is 31.0 Å². The molecule has 0 aliphatic carbocycles. The smallest absolute Gasteiger partial charge is 0.389 e. The zero-order valence-corrected chi connectivity index (χ0v) is 13.5. The topological polar surface area (TPSA) is 29.3 Å². The Kier molecular flexibility index (Phi) is 4.44. The molecule has 2 rings (SSSR count). The van der Waals surface area contributed by atoms with Crippen LogP contribution >= 0.6 is 24.0 Å². The van der Waals surface area contributed by atoms with Crippen LogP contribution in [-0.4, -0.2) is 28.6 Å². The molecule has 2 nitrogen and oxygen atoms in total. The Hall–Kier alpha value is -0.950. The summed E-state index contributed by atoms with van der Waals surface area (Å²) < 4.78 is 38.5. The second-order valence-electron chi connectivity index (χ2n) is 5.62. The lowest BCUT2D eigenvalue weighted by atomic mass is 10.1. The molecule has 1 aromatic carbocycles. The molecule has 1 saturated heterocycles. The van der Waals surface area contributed by atoms with Crippen LogP contribution in [0.3, 0.4) is 0 Å². The number of thiocarbonyl (C=S) groups is 1. The van der Waals surface area contributed by atoms with Gasteiger partial charge in [0.15, 0.2) is 0 Å². The number of rotatable bonds is 2. The third-order valence-electron chi connectivity index (χ3n) is 3.36. The summed E-state index contributed by atoms with van der Waals surface area (Å²) in [5.74, 6) is 0.921. The Morgan fingerprint density at radius 3 is 2.57 bits per heavy atom. The molecule has 2 N–H and O–H groups in total. The van der Waals surface area contributed by atoms with E-state index in [2.05, 4.69) is 18.7 Å². The summed E-state index contributed by atoms with van der Waals surface area (Å²) in [5.41, 5.74) is 5.89. The molecule has 0 radical (unpaired) electrons. The first-order valence-corrected chi connectivity index (χ1v) is 7.89. The van der Waals surface area contributed by atoms with Gasteiger partial charge < -0.3 is 10.6 Å². The third kappa shape index (κ3) is 3.83. The number of nitrogens with zero attached hydrogens (tertiary/aromatic N) is 1. The third-order valence-corrected chi connectivity index (χ3v) is 4.87. The predicted molar refractivity (Wildman–Crippen MR) is 86.1 cm³/mol. The highest BCUT2D eigenvalue weighted by Gasteiger charge is 2.33. The minimum atomic E-state index is -4.39. The maximum atomic E-state index is 12.8. The molecular weight excluding hydrogens is 317 g/mol. The second-order valence-corrected chi connectivity index (χ2v) is 7.87. The minimum Gasteiger partial charge on any atom is -0.389 e. The molecule has 0 saturated carbocycles. The first-order valence-electron chi connectivity index (χ1n) is 6.50. The van der Waals surface area contributed by atoms with Crippen molar-refractivity contribution in [3.63, 3.8) is 0 Å². The van der Waals surface area contributed by atoms with Crippen molar-refractivity contribution in [1.82, 2.24) is 0 Å². The van der Waals surface area contributed by atoms with Gasteiger partial charge in [-0.3, -0.25) is 0 Å². The SMILES string of the molecule is CC1(C)CN(c2ccc(C(F)(F)F)cc2C(N)=S)CCS1. The quantitative estimate of drug-likeness (QED) is 0.836. The largest absolute Gasteiger partial charge is 0.416 e. The van der Waals surface area contributed by atoms with E-state index in [4.69, 9.17) is 18.0 Å². The number of thioether (sulfide) groups is 1. The lowest BCUT2D eigenvalue weighted by Crippen LogP contribution is -2.43. The van der Waals surface area contributed by atoms with Gasteiger partial charge in [-0.05, 0) is 32.0 Å². The number of halogens is 3. The van der Waals surface area contributed by atoms with E-state index in [-0.39, 0.29) is 9.74 Å². The van der Waals surface area contributed by atoms with Crippen molar-refractivity contribution in [2.75, 3.05) is 23.7 Å². The van der Waals surface area contributed by atoms with E-state index in [1.54, 1.807) is 0 Å². The highest BCUT2D eigenvalue weighted by molar-refractivity contribution is 8.00. The van der Waals surface area contributed by atoms with Gasteiger partial charge in [-0.2, -0.15) is 24.9 Å². The summed E-state index contributed by atoms with van der Waals surface area (Å²) in [4.78, 5) is 2.05. The lowest BCUT2D eigenvalue weighted by Gasteiger charge is -2.39. The van der Waals surface area contributed by atoms with E-state index in [1.807, 2.05) is 11.8 Å². The van der Waals surface area contributed by atoms with Crippen LogP contribution in [-0.2, 0) is 6.18 Å². The maximum Gasteiger partial charge on any atom is 0.416 e. The summed E-state index contributed by atoms with van der Waals surface area (Å²) in [6.45, 7) is 5.76. The van der Waals surface area contributed by atoms with Crippen LogP contribution in [0.2, 0.25) is 0 Å². The Morgan fingerprint density at radius 2 is 2.05 bits per heavy atom. The molecule has 1 aliphatic heterocycles. The van der Waals surface area contributed by atoms with Crippen LogP contribution < -0.4 is 10.6 Å². The van der Waals surface area contributed by atoms with Crippen LogP contribution in [0.15, 0.2) is 18.2 Å². The van der Waals surface area contributed by atoms with E-state index in [0.29, 0.717) is 11.3 Å². The van der Waals surface area contributed by atoms with E-state index >= 15 is 0 Å². The number of alkyl halides is 3. The van der Waals surface area contributed by atoms with Crippen LogP contribution in [0, 0.1) is 0 Å². The van der Waals surface area contributed by atoms with Gasteiger partial charge in [-0.15, -0.1) is 0 Å². The fourth-order valence-corrected chi connectivity index (χ4v) is 3.68. The van der Waals surface area contributed by atoms with Crippen molar-refractivity contribution in [2.24, 2.45) is 5.73 Å². The van der Waals surface area contributed by atoms with E-state index in [9.17, 15) is 13.2 Å². The Bertz CT molecular complexity index is 556. The summed E-state index contributed by atoms with van der Waals surface area (Å²) in [6, 6.07) is 3.61. The molecule has 0 bridgehead atoms. The van der Waals surface area contributed by atoms with Crippen molar-refractivity contribution < 1.29 is 13.2 Å². The van der Waals surface area contributed by atoms with E-state index in [1.165, 1.54) is 6.07 Å². The predicted octanol–water partition coefficient (Wildman–Crippen LogP) is 3.67. The molecule has 7 heteroatoms. The van der Waals surface area contributed by atoms with Gasteiger partial charge in [0.2, 0.25) is 0 Å². The number of anilines is 1. The zero-order chi connectivity index (χ0) is 15.8. The van der Waals surface area contributed by atoms with Crippen LogP contribution in [0.1, 0.15) is 25.0 Å². The molecule has 1 aromatic rings. The standard InChI is InChI=1S/C14H17F3N2S2/c1-13(2)8-19(5-6-21-13)11-4-3-9(14(15,16)17)7-10(11)12(18)20/h3-4,7H,5-6,8H2,1-2H3,(H2,18,20). The van der Waals surface area contributed by atoms with Crippen LogP contribution in [0.25, 0.3) is 0 Å². The molecule has 1 aliphatic rings. The molecule has 0 unspecified atom stereocenters. The van der Waals surface area contributed by atoms with Gasteiger partial charge in [0, 0.05) is 34.8 Å². The maximum absolute atomic E-state index is 12.8. The van der Waals surface area contributed by atoms with E-state index < -0.39 is 11.7 Å². The average Bonchev–Trinajstić information content (AvgIpc) is 2.35. The summed E-state index contributed by atoms with van der Waals surface area (Å²) in [7, 11) is 0. The fraction of sp³-hybridized carbons (Fsp3) is 0.500. The molecule has 116 valence electrons. The van der Waals surface area contributed by atoms with Gasteiger partial charge in [0.05, 0.1) is 5.56 Å². The monoisotopic (exact) mass is 334 g/mol. The van der Waals surface area contributed by atoms with Crippen LogP contribution in [0.4, 0.5) is 18.9 Å². The van der Waals surface area contributed by atoms with Crippen molar-refractivity contribution >= 4 is 34.7 Å². The Labute approximate surface area is 131 Å². The summed E-state index contributed by atoms with van der Waals surface area (Å²) in [5, 5.41) is 0. The van der Waals surface area contributed by atoms with Crippen molar-refractivity contribution in [3.8, 4) is 0 Å². The van der Waals surface area contributed by atoms with Crippen molar-refractivity contribution in [2.45, 2.75) is 24.8 Å². The van der Waals surface area contributed by atoms with Gasteiger partial charge in [0.25, 0.3) is 0 Å². The van der Waals surface area contributed by atoms with Gasteiger partial charge in [0.1, 0.15) is 4.99 Å². The van der Waals surface area contributed by atoms with Crippen LogP contribution in [0.5, 0.6) is 0 Å². The second kappa shape index (κ2) is 5.68. The Balaban J connectivity index is 2.42. The normalized spacial score (nSPS) is 18.6. The minimum absolute atomic E-state index is 0.00728. The molecule has 0 aromatic heterocycles. The fourth-order valence-electron chi connectivity index (χ4n) is 2.41. The molecule has 1 heterocycles. The summed E-state index contributed by atoms with van der Waals surface area (Å²) in [6.07, 6.45) is -4.39. The number of hydrogen-bond acceptors (Lipinski definition) is 3. The lowest BCUT2D eigenvalue weighted by molar-refractivity contribution is -0.137. The highest BCUT2D eigenvalue weighted by Crippen LogP contribution is 2.36. The number of benzene rings is 1. The van der Waals surface area contributed by atoms with Gasteiger partial charge in [-0.1, -0.05) is 12.2 Å². The zero-order valence-electron chi connectivity index (χ0n) is 11.8. The van der Waals surface area contributed by atoms with Crippen molar-refractivity contribution in [1.29, 1.82) is 0 Å². The molecule has 0 amide bonds. The van der Waals surface area contributed by atoms with Gasteiger partial charge >= 0.3 is 6.18 Å². The number of hydrogen-bond donors (Lipinski definition) is 1. The highest BCUT2D eigenvalue weighted by atomic mass is 32.2. The molecule has 1 fully saturated rings. The summed E-state index contributed by atoms with van der Waals surface area (Å²) >= 11 is 6.79. The first-order chi connectivity index (χ1) is 9.60. The van der Waals surface area contributed by atoms with Gasteiger partial charge in [-0.25, -0.2) is 0 Å².